The third kappa shape index (κ3) is 1.84. The summed E-state index contributed by atoms with van der Waals surface area (Å²) in [6.07, 6.45) is -0.371. The van der Waals surface area contributed by atoms with Gasteiger partial charge in [-0.05, 0) is 12.1 Å². The van der Waals surface area contributed by atoms with Gasteiger partial charge in [-0.25, -0.2) is 0 Å². The van der Waals surface area contributed by atoms with Gasteiger partial charge >= 0.3 is 0 Å². The van der Waals surface area contributed by atoms with Crippen molar-refractivity contribution in [1.29, 1.82) is 0 Å². The molecular formula is C15H14BrNO. The number of aliphatic hydroxyl groups excluding tert-OH is 1. The van der Waals surface area contributed by atoms with E-state index >= 15 is 0 Å². The molecule has 0 saturated heterocycles. The molecule has 0 fully saturated rings. The van der Waals surface area contributed by atoms with E-state index in [0.717, 1.165) is 0 Å². The molecule has 0 aliphatic rings. The Labute approximate surface area is 114 Å². The van der Waals surface area contributed by atoms with Gasteiger partial charge in [0.15, 0.2) is 0 Å². The smallest absolute Gasteiger partial charge is 0.0815 e. The Kier molecular flexibility index (Phi) is 3.10. The molecule has 2 aromatic carbocycles. The Hall–Kier alpha value is -1.32. The maximum Gasteiger partial charge on any atom is 0.0815 e. The van der Waals surface area contributed by atoms with E-state index in [2.05, 4.69) is 56.9 Å². The van der Waals surface area contributed by atoms with Crippen LogP contribution in [0.4, 0.5) is 0 Å². The molecule has 0 unspecified atom stereocenters. The summed E-state index contributed by atoms with van der Waals surface area (Å²) in [6, 6.07) is 16.7. The molecule has 1 atom stereocenters. The number of halogens is 1. The van der Waals surface area contributed by atoms with Crippen molar-refractivity contribution >= 4 is 37.7 Å². The molecule has 0 aliphatic heterocycles. The second-order valence-corrected chi connectivity index (χ2v) is 5.10. The van der Waals surface area contributed by atoms with Crippen molar-refractivity contribution in [3.63, 3.8) is 0 Å². The van der Waals surface area contributed by atoms with Gasteiger partial charge < -0.3 is 9.67 Å². The minimum Gasteiger partial charge on any atom is -0.390 e. The number of alkyl halides is 1. The zero-order valence-electron chi connectivity index (χ0n) is 9.88. The topological polar surface area (TPSA) is 25.2 Å². The number of aromatic nitrogens is 1. The maximum absolute atomic E-state index is 9.88. The first kappa shape index (κ1) is 11.8. The van der Waals surface area contributed by atoms with Crippen LogP contribution < -0.4 is 0 Å². The van der Waals surface area contributed by atoms with E-state index in [1.165, 1.54) is 21.8 Å². The minimum absolute atomic E-state index is 0.371. The molecule has 0 spiro atoms. The summed E-state index contributed by atoms with van der Waals surface area (Å²) in [6.45, 7) is 0.610. The molecule has 0 radical (unpaired) electrons. The van der Waals surface area contributed by atoms with Crippen LogP contribution in [0.25, 0.3) is 21.8 Å². The van der Waals surface area contributed by atoms with E-state index in [1.807, 2.05) is 12.1 Å². The number of hydrogen-bond acceptors (Lipinski definition) is 1. The van der Waals surface area contributed by atoms with Crippen molar-refractivity contribution in [2.24, 2.45) is 0 Å². The van der Waals surface area contributed by atoms with Crippen LogP contribution in [-0.4, -0.2) is 21.1 Å². The molecule has 0 aliphatic carbocycles. The molecule has 18 heavy (non-hydrogen) atoms. The summed E-state index contributed by atoms with van der Waals surface area (Å²) in [5.74, 6) is 0. The van der Waals surface area contributed by atoms with E-state index in [-0.39, 0.29) is 6.10 Å². The second kappa shape index (κ2) is 4.75. The largest absolute Gasteiger partial charge is 0.390 e. The highest BCUT2D eigenvalue weighted by atomic mass is 79.9. The number of aliphatic hydroxyl groups is 1. The fraction of sp³-hybridized carbons (Fsp3) is 0.200. The van der Waals surface area contributed by atoms with E-state index in [1.54, 1.807) is 0 Å². The van der Waals surface area contributed by atoms with Crippen LogP contribution in [0.5, 0.6) is 0 Å². The summed E-state index contributed by atoms with van der Waals surface area (Å²) in [7, 11) is 0. The number of fused-ring (bicyclic) bond motifs is 3. The van der Waals surface area contributed by atoms with Gasteiger partial charge in [0, 0.05) is 33.7 Å². The molecular weight excluding hydrogens is 290 g/mol. The number of para-hydroxylation sites is 2. The van der Waals surface area contributed by atoms with Gasteiger partial charge in [0.2, 0.25) is 0 Å². The predicted octanol–water partition coefficient (Wildman–Crippen LogP) is 3.55. The van der Waals surface area contributed by atoms with Gasteiger partial charge in [-0.1, -0.05) is 52.3 Å². The Balaban J connectivity index is 2.31. The van der Waals surface area contributed by atoms with Crippen molar-refractivity contribution in [2.75, 3.05) is 5.33 Å². The van der Waals surface area contributed by atoms with Crippen LogP contribution in [0.1, 0.15) is 0 Å². The fourth-order valence-corrected chi connectivity index (χ4v) is 2.66. The zero-order valence-corrected chi connectivity index (χ0v) is 11.5. The average molecular weight is 304 g/mol. The quantitative estimate of drug-likeness (QED) is 0.736. The molecule has 0 amide bonds. The molecule has 1 heterocycles. The highest BCUT2D eigenvalue weighted by Gasteiger charge is 2.12. The summed E-state index contributed by atoms with van der Waals surface area (Å²) >= 11 is 3.33. The first-order chi connectivity index (χ1) is 8.81. The van der Waals surface area contributed by atoms with Crippen molar-refractivity contribution in [3.05, 3.63) is 48.5 Å². The summed E-state index contributed by atoms with van der Waals surface area (Å²) < 4.78 is 2.19. The average Bonchev–Trinajstić information content (AvgIpc) is 2.74. The Morgan fingerprint density at radius 1 is 0.944 bits per heavy atom. The SMILES string of the molecule is O[C@@H](CBr)Cn1c2ccccc2c2ccccc21. The predicted molar refractivity (Wildman–Crippen MR) is 79.2 cm³/mol. The van der Waals surface area contributed by atoms with Gasteiger partial charge in [-0.2, -0.15) is 0 Å². The minimum atomic E-state index is -0.371. The Morgan fingerprint density at radius 3 is 1.94 bits per heavy atom. The van der Waals surface area contributed by atoms with Crippen molar-refractivity contribution in [3.8, 4) is 0 Å². The molecule has 1 N–H and O–H groups in total. The van der Waals surface area contributed by atoms with Crippen molar-refractivity contribution in [1.82, 2.24) is 4.57 Å². The van der Waals surface area contributed by atoms with Gasteiger partial charge in [-0.3, -0.25) is 0 Å². The standard InChI is InChI=1S/C15H14BrNO/c16-9-11(18)10-17-14-7-3-1-5-12(14)13-6-2-4-8-15(13)17/h1-8,11,18H,9-10H2/t11-/m0/s1. The van der Waals surface area contributed by atoms with Crippen LogP contribution >= 0.6 is 15.9 Å². The summed E-state index contributed by atoms with van der Waals surface area (Å²) in [4.78, 5) is 0. The normalized spacial score (nSPS) is 13.2. The van der Waals surface area contributed by atoms with Crippen LogP contribution in [0, 0.1) is 0 Å². The monoisotopic (exact) mass is 303 g/mol. The molecule has 3 heteroatoms. The lowest BCUT2D eigenvalue weighted by molar-refractivity contribution is 0.182. The maximum atomic E-state index is 9.88. The summed E-state index contributed by atoms with van der Waals surface area (Å²) in [5.41, 5.74) is 2.36. The lowest BCUT2D eigenvalue weighted by Gasteiger charge is -2.11. The lowest BCUT2D eigenvalue weighted by Crippen LogP contribution is -2.16. The number of hydrogen-bond donors (Lipinski definition) is 1. The molecule has 92 valence electrons. The molecule has 0 bridgehead atoms. The zero-order chi connectivity index (χ0) is 12.5. The Morgan fingerprint density at radius 2 is 1.44 bits per heavy atom. The molecule has 1 aromatic heterocycles. The van der Waals surface area contributed by atoms with E-state index in [4.69, 9.17) is 0 Å². The molecule has 3 rings (SSSR count). The third-order valence-electron chi connectivity index (χ3n) is 3.25. The van der Waals surface area contributed by atoms with Gasteiger partial charge in [0.25, 0.3) is 0 Å². The van der Waals surface area contributed by atoms with Crippen LogP contribution in [-0.2, 0) is 6.54 Å². The molecule has 3 aromatic rings. The number of benzene rings is 2. The van der Waals surface area contributed by atoms with Crippen LogP contribution in [0.3, 0.4) is 0 Å². The molecule has 2 nitrogen and oxygen atoms in total. The second-order valence-electron chi connectivity index (χ2n) is 4.45. The molecule has 0 saturated carbocycles. The van der Waals surface area contributed by atoms with Crippen molar-refractivity contribution in [2.45, 2.75) is 12.6 Å². The fourth-order valence-electron chi connectivity index (χ4n) is 2.46. The first-order valence-electron chi connectivity index (χ1n) is 6.01. The van der Waals surface area contributed by atoms with Crippen molar-refractivity contribution < 1.29 is 5.11 Å². The Bertz CT molecular complexity index is 636. The van der Waals surface area contributed by atoms with Gasteiger partial charge in [0.05, 0.1) is 6.10 Å². The van der Waals surface area contributed by atoms with Gasteiger partial charge in [-0.15, -0.1) is 0 Å². The van der Waals surface area contributed by atoms with Crippen LogP contribution in [0.15, 0.2) is 48.5 Å². The summed E-state index contributed by atoms with van der Waals surface area (Å²) in [5, 5.41) is 13.0. The highest BCUT2D eigenvalue weighted by molar-refractivity contribution is 9.09. The third-order valence-corrected chi connectivity index (χ3v) is 4.00. The number of rotatable bonds is 3. The van der Waals surface area contributed by atoms with E-state index in [9.17, 15) is 5.11 Å². The van der Waals surface area contributed by atoms with Gasteiger partial charge in [0.1, 0.15) is 0 Å². The number of nitrogens with zero attached hydrogens (tertiary/aromatic N) is 1. The van der Waals surface area contributed by atoms with E-state index < -0.39 is 0 Å². The first-order valence-corrected chi connectivity index (χ1v) is 7.13. The highest BCUT2D eigenvalue weighted by Crippen LogP contribution is 2.28. The van der Waals surface area contributed by atoms with Crippen LogP contribution in [0.2, 0.25) is 0 Å². The lowest BCUT2D eigenvalue weighted by atomic mass is 10.2. The van der Waals surface area contributed by atoms with E-state index in [0.29, 0.717) is 11.9 Å².